The molecule has 0 aromatic heterocycles. The number of nitrogens with one attached hydrogen (secondary N) is 2. The Bertz CT molecular complexity index is 645. The Hall–Kier alpha value is -2.50. The molecule has 25 heavy (non-hydrogen) atoms. The van der Waals surface area contributed by atoms with Crippen LogP contribution >= 0.6 is 0 Å². The molecule has 1 unspecified atom stereocenters. The van der Waals surface area contributed by atoms with E-state index in [-0.39, 0.29) is 5.56 Å². The first kappa shape index (κ1) is 18.8. The van der Waals surface area contributed by atoms with Gasteiger partial charge in [0.25, 0.3) is 0 Å². The molecule has 0 heterocycles. The van der Waals surface area contributed by atoms with E-state index in [2.05, 4.69) is 10.6 Å². The first-order chi connectivity index (χ1) is 12.0. The Morgan fingerprint density at radius 1 is 0.920 bits per heavy atom. The second kappa shape index (κ2) is 9.11. The molecule has 2 aromatic rings. The molecule has 0 aliphatic heterocycles. The summed E-state index contributed by atoms with van der Waals surface area (Å²) in [5, 5.41) is 4.91. The van der Waals surface area contributed by atoms with Gasteiger partial charge >= 0.3 is 12.2 Å². The fourth-order valence-electron chi connectivity index (χ4n) is 2.50. The molecule has 0 saturated heterocycles. The number of carbonyl (C=O) groups is 1. The van der Waals surface area contributed by atoms with Crippen LogP contribution in [0, 0.1) is 0 Å². The molecule has 134 valence electrons. The molecule has 0 spiro atoms. The van der Waals surface area contributed by atoms with Crippen LogP contribution in [0.2, 0.25) is 0 Å². The predicted molar refractivity (Wildman–Crippen MR) is 91.4 cm³/mol. The second-order valence-corrected chi connectivity index (χ2v) is 5.73. The number of aryl methyl sites for hydroxylation is 1. The highest BCUT2D eigenvalue weighted by atomic mass is 19.4. The maximum Gasteiger partial charge on any atom is 0.397 e. The van der Waals surface area contributed by atoms with Crippen LogP contribution in [0.5, 0.6) is 0 Å². The van der Waals surface area contributed by atoms with Crippen molar-refractivity contribution in [3.63, 3.8) is 0 Å². The number of alkyl halides is 3. The summed E-state index contributed by atoms with van der Waals surface area (Å²) < 4.78 is 39.5. The molecule has 3 nitrogen and oxygen atoms in total. The fraction of sp³-hybridized carbons (Fsp3) is 0.316. The van der Waals surface area contributed by atoms with E-state index in [1.165, 1.54) is 12.1 Å². The van der Waals surface area contributed by atoms with Gasteiger partial charge in [-0.1, -0.05) is 60.7 Å². The zero-order chi connectivity index (χ0) is 18.1. The van der Waals surface area contributed by atoms with Crippen molar-refractivity contribution in [2.75, 3.05) is 13.1 Å². The molecule has 0 saturated carbocycles. The number of carbonyl (C=O) groups excluding carboxylic acids is 1. The minimum Gasteiger partial charge on any atom is -0.338 e. The first-order valence-electron chi connectivity index (χ1n) is 8.14. The van der Waals surface area contributed by atoms with Crippen LogP contribution in [0.4, 0.5) is 18.0 Å². The summed E-state index contributed by atoms with van der Waals surface area (Å²) in [7, 11) is 0. The van der Waals surface area contributed by atoms with Gasteiger partial charge in [-0.2, -0.15) is 13.2 Å². The Morgan fingerprint density at radius 2 is 1.52 bits per heavy atom. The molecule has 2 N–H and O–H groups in total. The van der Waals surface area contributed by atoms with Gasteiger partial charge in [0.15, 0.2) is 0 Å². The van der Waals surface area contributed by atoms with Crippen LogP contribution in [0.25, 0.3) is 0 Å². The van der Waals surface area contributed by atoms with Crippen molar-refractivity contribution in [1.82, 2.24) is 10.6 Å². The molecular formula is C19H21F3N2O. The van der Waals surface area contributed by atoms with Crippen LogP contribution < -0.4 is 10.6 Å². The minimum absolute atomic E-state index is 0.138. The summed E-state index contributed by atoms with van der Waals surface area (Å²) in [5.74, 6) is -1.72. The molecule has 0 aliphatic carbocycles. The summed E-state index contributed by atoms with van der Waals surface area (Å²) in [5.41, 5.74) is 1.30. The minimum atomic E-state index is -4.41. The van der Waals surface area contributed by atoms with Crippen LogP contribution in [-0.4, -0.2) is 25.3 Å². The second-order valence-electron chi connectivity index (χ2n) is 5.73. The monoisotopic (exact) mass is 350 g/mol. The van der Waals surface area contributed by atoms with Crippen molar-refractivity contribution in [3.8, 4) is 0 Å². The lowest BCUT2D eigenvalue weighted by Gasteiger charge is -2.21. The van der Waals surface area contributed by atoms with Crippen molar-refractivity contribution in [2.24, 2.45) is 0 Å². The number of benzene rings is 2. The third kappa shape index (κ3) is 6.49. The summed E-state index contributed by atoms with van der Waals surface area (Å²) >= 11 is 0. The summed E-state index contributed by atoms with van der Waals surface area (Å²) in [4.78, 5) is 11.7. The van der Waals surface area contributed by atoms with Crippen molar-refractivity contribution < 1.29 is 18.0 Å². The third-order valence-electron chi connectivity index (χ3n) is 3.83. The average Bonchev–Trinajstić information content (AvgIpc) is 2.59. The SMILES string of the molecule is O=C(NCCCc1ccccc1)NCC(c1ccccc1)C(F)(F)F. The molecule has 2 amide bonds. The van der Waals surface area contributed by atoms with Gasteiger partial charge in [0.2, 0.25) is 0 Å². The lowest BCUT2D eigenvalue weighted by molar-refractivity contribution is -0.149. The van der Waals surface area contributed by atoms with E-state index in [1.54, 1.807) is 18.2 Å². The van der Waals surface area contributed by atoms with E-state index in [9.17, 15) is 18.0 Å². The van der Waals surface area contributed by atoms with Crippen LogP contribution in [0.15, 0.2) is 60.7 Å². The van der Waals surface area contributed by atoms with Gasteiger partial charge in [-0.3, -0.25) is 0 Å². The highest BCUT2D eigenvalue weighted by molar-refractivity contribution is 5.73. The van der Waals surface area contributed by atoms with Gasteiger partial charge in [-0.15, -0.1) is 0 Å². The molecule has 0 fully saturated rings. The smallest absolute Gasteiger partial charge is 0.338 e. The predicted octanol–water partition coefficient (Wildman–Crippen LogP) is 4.26. The van der Waals surface area contributed by atoms with Crippen molar-refractivity contribution in [2.45, 2.75) is 24.9 Å². The van der Waals surface area contributed by atoms with Gasteiger partial charge in [0.05, 0.1) is 5.92 Å². The lowest BCUT2D eigenvalue weighted by Crippen LogP contribution is -2.41. The molecule has 0 radical (unpaired) electrons. The van der Waals surface area contributed by atoms with Crippen molar-refractivity contribution in [3.05, 3.63) is 71.8 Å². The Kier molecular flexibility index (Phi) is 6.86. The summed E-state index contributed by atoms with van der Waals surface area (Å²) in [6.07, 6.45) is -2.89. The van der Waals surface area contributed by atoms with Crippen LogP contribution in [0.3, 0.4) is 0 Å². The highest BCUT2D eigenvalue weighted by Crippen LogP contribution is 2.34. The van der Waals surface area contributed by atoms with Gasteiger partial charge in [-0.05, 0) is 24.0 Å². The Balaban J connectivity index is 1.75. The van der Waals surface area contributed by atoms with E-state index >= 15 is 0 Å². The highest BCUT2D eigenvalue weighted by Gasteiger charge is 2.40. The van der Waals surface area contributed by atoms with E-state index in [0.717, 1.165) is 18.4 Å². The van der Waals surface area contributed by atoms with E-state index < -0.39 is 24.7 Å². The summed E-state index contributed by atoms with van der Waals surface area (Å²) in [6.45, 7) is -0.0826. The zero-order valence-corrected chi connectivity index (χ0v) is 13.7. The maximum absolute atomic E-state index is 13.2. The fourth-order valence-corrected chi connectivity index (χ4v) is 2.50. The van der Waals surface area contributed by atoms with Gasteiger partial charge < -0.3 is 10.6 Å². The number of amides is 2. The standard InChI is InChI=1S/C19H21F3N2O/c20-19(21,22)17(16-11-5-2-6-12-16)14-24-18(25)23-13-7-10-15-8-3-1-4-9-15/h1-6,8-9,11-12,17H,7,10,13-14H2,(H2,23,24,25). The number of hydrogen-bond acceptors (Lipinski definition) is 1. The van der Waals surface area contributed by atoms with E-state index in [4.69, 9.17) is 0 Å². The van der Waals surface area contributed by atoms with Gasteiger partial charge in [0, 0.05) is 13.1 Å². The van der Waals surface area contributed by atoms with Gasteiger partial charge in [0.1, 0.15) is 0 Å². The molecule has 6 heteroatoms. The number of urea groups is 1. The quantitative estimate of drug-likeness (QED) is 0.720. The number of hydrogen-bond donors (Lipinski definition) is 2. The van der Waals surface area contributed by atoms with Gasteiger partial charge in [-0.25, -0.2) is 4.79 Å². The largest absolute Gasteiger partial charge is 0.397 e. The van der Waals surface area contributed by atoms with Crippen LogP contribution in [-0.2, 0) is 6.42 Å². The normalized spacial score (nSPS) is 12.4. The van der Waals surface area contributed by atoms with Crippen LogP contribution in [0.1, 0.15) is 23.5 Å². The Labute approximate surface area is 145 Å². The first-order valence-corrected chi connectivity index (χ1v) is 8.14. The molecule has 0 bridgehead atoms. The zero-order valence-electron chi connectivity index (χ0n) is 13.7. The molecular weight excluding hydrogens is 329 g/mol. The molecule has 1 atom stereocenters. The lowest BCUT2D eigenvalue weighted by atomic mass is 9.98. The molecule has 2 rings (SSSR count). The average molecular weight is 350 g/mol. The number of rotatable bonds is 7. The topological polar surface area (TPSA) is 41.1 Å². The number of halogens is 3. The maximum atomic E-state index is 13.2. The Morgan fingerprint density at radius 3 is 2.12 bits per heavy atom. The molecule has 2 aromatic carbocycles. The molecule has 0 aliphatic rings. The summed E-state index contributed by atoms with van der Waals surface area (Å²) in [6, 6.07) is 16.8. The van der Waals surface area contributed by atoms with E-state index in [0.29, 0.717) is 6.54 Å². The van der Waals surface area contributed by atoms with Crippen molar-refractivity contribution in [1.29, 1.82) is 0 Å². The van der Waals surface area contributed by atoms with Crippen molar-refractivity contribution >= 4 is 6.03 Å². The third-order valence-corrected chi connectivity index (χ3v) is 3.83. The van der Waals surface area contributed by atoms with E-state index in [1.807, 2.05) is 30.3 Å².